The summed E-state index contributed by atoms with van der Waals surface area (Å²) in [7, 11) is 0. The van der Waals surface area contributed by atoms with E-state index in [0.717, 1.165) is 16.2 Å². The Balaban J connectivity index is 2.61. The van der Waals surface area contributed by atoms with E-state index < -0.39 is 6.34 Å². The molecule has 0 aromatic heterocycles. The van der Waals surface area contributed by atoms with E-state index in [-0.39, 0.29) is 0 Å². The highest BCUT2D eigenvalue weighted by atomic mass is 32.7. The van der Waals surface area contributed by atoms with Crippen LogP contribution in [-0.4, -0.2) is 6.26 Å². The molecule has 0 aliphatic carbocycles. The molecule has 0 aliphatic rings. The number of hydrogen-bond donors (Lipinski definition) is 0. The van der Waals surface area contributed by atoms with Gasteiger partial charge >= 0.3 is 0 Å². The Hall–Kier alpha value is -0.980. The highest BCUT2D eigenvalue weighted by Gasteiger charge is 2.27. The summed E-state index contributed by atoms with van der Waals surface area (Å²) in [5.74, 6) is 0. The van der Waals surface area contributed by atoms with Crippen molar-refractivity contribution in [2.75, 3.05) is 6.26 Å². The van der Waals surface area contributed by atoms with Gasteiger partial charge in [-0.05, 0) is 31.7 Å². The van der Waals surface area contributed by atoms with Gasteiger partial charge in [0.1, 0.15) is 0 Å². The second-order valence-electron chi connectivity index (χ2n) is 4.36. The number of hydrogen-bond acceptors (Lipinski definition) is 2. The van der Waals surface area contributed by atoms with E-state index >= 15 is 0 Å². The zero-order valence-corrected chi connectivity index (χ0v) is 12.6. The van der Waals surface area contributed by atoms with Gasteiger partial charge in [-0.25, -0.2) is 0 Å². The first-order chi connectivity index (χ1) is 8.58. The Labute approximate surface area is 113 Å². The van der Waals surface area contributed by atoms with Gasteiger partial charge in [0, 0.05) is 10.6 Å². The van der Waals surface area contributed by atoms with Crippen LogP contribution in [0.1, 0.15) is 11.1 Å². The van der Waals surface area contributed by atoms with Crippen molar-refractivity contribution in [1.29, 1.82) is 0 Å². The van der Waals surface area contributed by atoms with Crippen LogP contribution in [0.15, 0.2) is 48.5 Å². The molecule has 0 bridgehead atoms. The Morgan fingerprint density at radius 1 is 1.00 bits per heavy atom. The molecule has 1 atom stereocenters. The summed E-state index contributed by atoms with van der Waals surface area (Å²) in [5.41, 5.74) is 2.31. The average Bonchev–Trinajstić information content (AvgIpc) is 2.39. The van der Waals surface area contributed by atoms with Crippen molar-refractivity contribution in [2.24, 2.45) is 0 Å². The molecule has 0 unspecified atom stereocenters. The zero-order chi connectivity index (χ0) is 13.2. The number of aryl methyl sites for hydroxylation is 2. The summed E-state index contributed by atoms with van der Waals surface area (Å²) in [6.45, 7) is 4.09. The fraction of sp³-hybridized carbons (Fsp3) is 0.200. The van der Waals surface area contributed by atoms with Crippen LogP contribution in [0.2, 0.25) is 0 Å². The topological polar surface area (TPSA) is 17.1 Å². The number of rotatable bonds is 3. The molecule has 0 N–H and O–H groups in total. The van der Waals surface area contributed by atoms with Crippen LogP contribution in [-0.2, 0) is 4.57 Å². The molecule has 0 radical (unpaired) electrons. The lowest BCUT2D eigenvalue weighted by Gasteiger charge is -2.19. The van der Waals surface area contributed by atoms with Gasteiger partial charge < -0.3 is 4.57 Å². The van der Waals surface area contributed by atoms with Crippen LogP contribution in [0.4, 0.5) is 0 Å². The van der Waals surface area contributed by atoms with Gasteiger partial charge in [0.15, 0.2) is 6.34 Å². The molecule has 0 spiro atoms. The fourth-order valence-electron chi connectivity index (χ4n) is 2.10. The second kappa shape index (κ2) is 5.34. The van der Waals surface area contributed by atoms with Crippen LogP contribution in [0.5, 0.6) is 0 Å². The molecule has 0 aliphatic heterocycles. The third kappa shape index (κ3) is 2.41. The molecule has 0 saturated carbocycles. The van der Waals surface area contributed by atoms with E-state index in [0.29, 0.717) is 0 Å². The maximum absolute atomic E-state index is 13.3. The van der Waals surface area contributed by atoms with Gasteiger partial charge in [-0.1, -0.05) is 59.4 Å². The molecule has 1 nitrogen and oxygen atoms in total. The quantitative estimate of drug-likeness (QED) is 0.791. The number of benzene rings is 2. The lowest BCUT2D eigenvalue weighted by Crippen LogP contribution is -2.16. The predicted octanol–water partition coefficient (Wildman–Crippen LogP) is 3.90. The highest BCUT2D eigenvalue weighted by molar-refractivity contribution is 8.62. The van der Waals surface area contributed by atoms with Gasteiger partial charge in [0.2, 0.25) is 0 Å². The summed E-state index contributed by atoms with van der Waals surface area (Å²) in [6.07, 6.45) is -0.622. The Morgan fingerprint density at radius 2 is 1.67 bits per heavy atom. The normalized spacial score (nSPS) is 14.2. The van der Waals surface area contributed by atoms with Gasteiger partial charge in [0.05, 0.1) is 0 Å². The lowest BCUT2D eigenvalue weighted by molar-refractivity contribution is 0.595. The lowest BCUT2D eigenvalue weighted by atomic mass is 10.2. The molecule has 0 amide bonds. The van der Waals surface area contributed by atoms with Crippen molar-refractivity contribution in [2.45, 2.75) is 13.8 Å². The molecule has 18 heavy (non-hydrogen) atoms. The molecular weight excluding hydrogens is 259 g/mol. The van der Waals surface area contributed by atoms with Crippen LogP contribution >= 0.6 is 17.7 Å². The van der Waals surface area contributed by atoms with E-state index in [9.17, 15) is 4.57 Å². The van der Waals surface area contributed by atoms with Crippen molar-refractivity contribution in [1.82, 2.24) is 0 Å². The Morgan fingerprint density at radius 3 is 2.22 bits per heavy atom. The van der Waals surface area contributed by atoms with Crippen molar-refractivity contribution < 1.29 is 4.57 Å². The molecule has 94 valence electrons. The first-order valence-corrected chi connectivity index (χ1v) is 9.41. The van der Waals surface area contributed by atoms with E-state index in [1.807, 2.05) is 55.6 Å². The minimum atomic E-state index is -2.55. The van der Waals surface area contributed by atoms with E-state index in [4.69, 9.17) is 0 Å². The van der Waals surface area contributed by atoms with Crippen molar-refractivity contribution in [3.05, 3.63) is 59.7 Å². The minimum absolute atomic E-state index is 0.921. The second-order valence-corrected chi connectivity index (χ2v) is 9.46. The van der Waals surface area contributed by atoms with Gasteiger partial charge in [-0.2, -0.15) is 0 Å². The summed E-state index contributed by atoms with van der Waals surface area (Å²) in [6, 6.07) is 15.9. The standard InChI is InChI=1S/C15H17OPS/c1-12-9-10-15(13(2)11-12)17(16,18-3)14-7-5-4-6-8-14/h4-11H,1-3H3/t17-/m0/s1. The third-order valence-electron chi connectivity index (χ3n) is 3.02. The maximum Gasteiger partial charge on any atom is 0.195 e. The van der Waals surface area contributed by atoms with Crippen molar-refractivity contribution >= 4 is 28.3 Å². The van der Waals surface area contributed by atoms with Gasteiger partial charge in [0.25, 0.3) is 0 Å². The zero-order valence-electron chi connectivity index (χ0n) is 10.9. The largest absolute Gasteiger partial charge is 0.302 e. The average molecular weight is 276 g/mol. The summed E-state index contributed by atoms with van der Waals surface area (Å²) < 4.78 is 13.3. The molecule has 2 aromatic rings. The van der Waals surface area contributed by atoms with E-state index in [1.165, 1.54) is 16.9 Å². The van der Waals surface area contributed by atoms with Crippen LogP contribution < -0.4 is 10.6 Å². The molecule has 2 aromatic carbocycles. The predicted molar refractivity (Wildman–Crippen MR) is 82.7 cm³/mol. The minimum Gasteiger partial charge on any atom is -0.302 e. The van der Waals surface area contributed by atoms with E-state index in [2.05, 4.69) is 13.0 Å². The monoisotopic (exact) mass is 276 g/mol. The molecule has 0 saturated heterocycles. The first kappa shape index (κ1) is 13.5. The summed E-state index contributed by atoms with van der Waals surface area (Å²) in [5, 5.41) is 1.89. The molecule has 3 heteroatoms. The molecule has 2 rings (SSSR count). The smallest absolute Gasteiger partial charge is 0.195 e. The Kier molecular flexibility index (Phi) is 3.99. The maximum atomic E-state index is 13.3. The van der Waals surface area contributed by atoms with Crippen LogP contribution in [0.25, 0.3) is 0 Å². The molecule has 0 heterocycles. The summed E-state index contributed by atoms with van der Waals surface area (Å²) in [4.78, 5) is 0. The molecule has 0 fully saturated rings. The van der Waals surface area contributed by atoms with Crippen molar-refractivity contribution in [3.8, 4) is 0 Å². The fourth-order valence-corrected chi connectivity index (χ4v) is 6.36. The van der Waals surface area contributed by atoms with Crippen LogP contribution in [0.3, 0.4) is 0 Å². The van der Waals surface area contributed by atoms with Gasteiger partial charge in [-0.15, -0.1) is 0 Å². The molecular formula is C15H17OPS. The highest BCUT2D eigenvalue weighted by Crippen LogP contribution is 2.55. The summed E-state index contributed by atoms with van der Waals surface area (Å²) >= 11 is 1.45. The van der Waals surface area contributed by atoms with Crippen molar-refractivity contribution in [3.63, 3.8) is 0 Å². The first-order valence-electron chi connectivity index (χ1n) is 5.87. The Bertz CT molecular complexity index is 593. The van der Waals surface area contributed by atoms with E-state index in [1.54, 1.807) is 0 Å². The SMILES string of the molecule is CS[P@@](=O)(c1ccccc1)c1ccc(C)cc1C. The van der Waals surface area contributed by atoms with Crippen LogP contribution in [0, 0.1) is 13.8 Å². The van der Waals surface area contributed by atoms with Gasteiger partial charge in [-0.3, -0.25) is 0 Å². The third-order valence-corrected chi connectivity index (χ3v) is 8.42.